The number of H-pyrrole nitrogens is 1. The van der Waals surface area contributed by atoms with Crippen molar-refractivity contribution < 1.29 is 23.1 Å². The Balaban J connectivity index is 1.57. The predicted molar refractivity (Wildman–Crippen MR) is 156 cm³/mol. The predicted octanol–water partition coefficient (Wildman–Crippen LogP) is 3.88. The molecule has 4 N–H and O–H groups in total. The standard InChI is InChI=1S/C30H36N4O5S/c1-5-34(6-2)27(35)14-15-31-30(37)28-19(3)26(32-20(28)4)17-24-23-16-22(12-13-25(23)33-29(24)36)40(38,39)18-21-10-8-7-9-11-21/h7-13,16-17,27,32,35H,5-6,14-15,18H2,1-4H3,(H,31,37)(H,33,36)/b24-17-. The molecule has 4 rings (SSSR count). The molecule has 1 unspecified atom stereocenters. The Morgan fingerprint density at radius 2 is 1.80 bits per heavy atom. The molecule has 0 saturated carbocycles. The van der Waals surface area contributed by atoms with Crippen LogP contribution in [-0.4, -0.2) is 61.1 Å². The largest absolute Gasteiger partial charge is 0.378 e. The van der Waals surface area contributed by atoms with Crippen molar-refractivity contribution in [2.45, 2.75) is 51.0 Å². The summed E-state index contributed by atoms with van der Waals surface area (Å²) < 4.78 is 26.3. The molecule has 1 aliphatic heterocycles. The van der Waals surface area contributed by atoms with Gasteiger partial charge in [-0.05, 0) is 62.3 Å². The summed E-state index contributed by atoms with van der Waals surface area (Å²) in [5, 5.41) is 16.0. The number of amides is 2. The number of carbonyl (C=O) groups excluding carboxylic acids is 2. The number of fused-ring (bicyclic) bond motifs is 1. The Morgan fingerprint density at radius 1 is 1.10 bits per heavy atom. The number of aromatic nitrogens is 1. The molecule has 1 aliphatic rings. The number of anilines is 1. The Hall–Kier alpha value is -3.73. The number of nitrogens with zero attached hydrogens (tertiary/aromatic N) is 1. The smallest absolute Gasteiger partial charge is 0.256 e. The fraction of sp³-hybridized carbons (Fsp3) is 0.333. The van der Waals surface area contributed by atoms with Gasteiger partial charge in [0, 0.05) is 35.6 Å². The first-order valence-electron chi connectivity index (χ1n) is 13.4. The molecule has 2 heterocycles. The van der Waals surface area contributed by atoms with E-state index in [4.69, 9.17) is 0 Å². The number of hydrogen-bond donors (Lipinski definition) is 4. The van der Waals surface area contributed by atoms with Crippen molar-refractivity contribution in [1.29, 1.82) is 0 Å². The lowest BCUT2D eigenvalue weighted by Gasteiger charge is -2.24. The van der Waals surface area contributed by atoms with Gasteiger partial charge in [0.15, 0.2) is 9.84 Å². The van der Waals surface area contributed by atoms with E-state index in [1.807, 2.05) is 24.8 Å². The van der Waals surface area contributed by atoms with Gasteiger partial charge in [-0.3, -0.25) is 14.5 Å². The first-order chi connectivity index (χ1) is 19.1. The average molecular weight is 565 g/mol. The lowest BCUT2D eigenvalue weighted by Crippen LogP contribution is -2.38. The van der Waals surface area contributed by atoms with Gasteiger partial charge in [-0.25, -0.2) is 8.42 Å². The third-order valence-electron chi connectivity index (χ3n) is 7.25. The average Bonchev–Trinajstić information content (AvgIpc) is 3.38. The fourth-order valence-corrected chi connectivity index (χ4v) is 6.39. The molecule has 0 fully saturated rings. The zero-order valence-corrected chi connectivity index (χ0v) is 24.1. The van der Waals surface area contributed by atoms with E-state index in [0.717, 1.165) is 13.1 Å². The van der Waals surface area contributed by atoms with Crippen molar-refractivity contribution in [3.8, 4) is 0 Å². The van der Waals surface area contributed by atoms with Gasteiger partial charge < -0.3 is 20.7 Å². The zero-order chi connectivity index (χ0) is 29.0. The van der Waals surface area contributed by atoms with Gasteiger partial charge in [0.1, 0.15) is 6.23 Å². The van der Waals surface area contributed by atoms with E-state index >= 15 is 0 Å². The zero-order valence-electron chi connectivity index (χ0n) is 23.2. The van der Waals surface area contributed by atoms with E-state index < -0.39 is 16.1 Å². The molecule has 40 heavy (non-hydrogen) atoms. The van der Waals surface area contributed by atoms with Crippen LogP contribution >= 0.6 is 0 Å². The third kappa shape index (κ3) is 6.19. The normalized spacial score (nSPS) is 14.8. The van der Waals surface area contributed by atoms with Crippen molar-refractivity contribution >= 4 is 39.0 Å². The van der Waals surface area contributed by atoms with E-state index in [2.05, 4.69) is 15.6 Å². The van der Waals surface area contributed by atoms with Crippen LogP contribution in [0.2, 0.25) is 0 Å². The van der Waals surface area contributed by atoms with Crippen LogP contribution in [-0.2, 0) is 20.4 Å². The van der Waals surface area contributed by atoms with Gasteiger partial charge in [-0.2, -0.15) is 0 Å². The number of rotatable bonds is 11. The summed E-state index contributed by atoms with van der Waals surface area (Å²) in [4.78, 5) is 31.1. The van der Waals surface area contributed by atoms with Crippen LogP contribution < -0.4 is 10.6 Å². The summed E-state index contributed by atoms with van der Waals surface area (Å²) in [5.41, 5.74) is 4.38. The summed E-state index contributed by atoms with van der Waals surface area (Å²) in [5.74, 6) is -0.768. The second-order valence-electron chi connectivity index (χ2n) is 9.87. The number of benzene rings is 2. The van der Waals surface area contributed by atoms with Crippen LogP contribution in [0.1, 0.15) is 58.7 Å². The van der Waals surface area contributed by atoms with Gasteiger partial charge in [0.05, 0.1) is 21.8 Å². The van der Waals surface area contributed by atoms with Crippen LogP contribution in [0.4, 0.5) is 5.69 Å². The molecule has 0 spiro atoms. The minimum atomic E-state index is -3.64. The molecule has 0 radical (unpaired) electrons. The number of hydrogen-bond acceptors (Lipinski definition) is 6. The lowest BCUT2D eigenvalue weighted by atomic mass is 10.0. The third-order valence-corrected chi connectivity index (χ3v) is 8.93. The van der Waals surface area contributed by atoms with Crippen molar-refractivity contribution in [3.05, 3.63) is 82.2 Å². The molecular formula is C30H36N4O5S. The maximum absolute atomic E-state index is 13.1. The van der Waals surface area contributed by atoms with E-state index in [0.29, 0.717) is 57.9 Å². The lowest BCUT2D eigenvalue weighted by molar-refractivity contribution is -0.110. The molecule has 3 aromatic rings. The second kappa shape index (κ2) is 12.2. The van der Waals surface area contributed by atoms with Crippen molar-refractivity contribution in [1.82, 2.24) is 15.2 Å². The van der Waals surface area contributed by atoms with E-state index in [9.17, 15) is 23.1 Å². The van der Waals surface area contributed by atoms with Crippen LogP contribution in [0.3, 0.4) is 0 Å². The summed E-state index contributed by atoms with van der Waals surface area (Å²) in [6.07, 6.45) is 1.42. The van der Waals surface area contributed by atoms with Crippen LogP contribution in [0.15, 0.2) is 53.4 Å². The van der Waals surface area contributed by atoms with Crippen LogP contribution in [0.25, 0.3) is 11.6 Å². The Kier molecular flexibility index (Phi) is 8.92. The SMILES string of the molecule is CCN(CC)C(O)CCNC(=O)c1c(C)[nH]c(/C=C2\C(=O)Nc3ccc(S(=O)(=O)Cc4ccccc4)cc32)c1C. The Bertz CT molecular complexity index is 1540. The van der Waals surface area contributed by atoms with E-state index in [1.165, 1.54) is 12.1 Å². The van der Waals surface area contributed by atoms with Crippen LogP contribution in [0, 0.1) is 13.8 Å². The fourth-order valence-electron chi connectivity index (χ4n) is 5.02. The molecule has 2 amide bonds. The van der Waals surface area contributed by atoms with E-state index in [-0.39, 0.29) is 22.5 Å². The first-order valence-corrected chi connectivity index (χ1v) is 15.0. The molecule has 0 bridgehead atoms. The van der Waals surface area contributed by atoms with E-state index in [1.54, 1.807) is 50.3 Å². The van der Waals surface area contributed by atoms with Gasteiger partial charge in [0.25, 0.3) is 11.8 Å². The second-order valence-corrected chi connectivity index (χ2v) is 11.9. The Morgan fingerprint density at radius 3 is 2.48 bits per heavy atom. The first kappa shape index (κ1) is 29.3. The van der Waals surface area contributed by atoms with Gasteiger partial charge in [-0.15, -0.1) is 0 Å². The quantitative estimate of drug-likeness (QED) is 0.207. The molecular weight excluding hydrogens is 528 g/mol. The highest BCUT2D eigenvalue weighted by Crippen LogP contribution is 2.36. The highest BCUT2D eigenvalue weighted by molar-refractivity contribution is 7.90. The summed E-state index contributed by atoms with van der Waals surface area (Å²) in [7, 11) is -3.64. The summed E-state index contributed by atoms with van der Waals surface area (Å²) >= 11 is 0. The number of aryl methyl sites for hydroxylation is 1. The number of aliphatic hydroxyl groups is 1. The van der Waals surface area contributed by atoms with Crippen LogP contribution in [0.5, 0.6) is 0 Å². The maximum Gasteiger partial charge on any atom is 0.256 e. The monoisotopic (exact) mass is 564 g/mol. The van der Waals surface area contributed by atoms with Crippen molar-refractivity contribution in [3.63, 3.8) is 0 Å². The number of aromatic amines is 1. The highest BCUT2D eigenvalue weighted by atomic mass is 32.2. The molecule has 0 aliphatic carbocycles. The Labute approximate surface area is 235 Å². The molecule has 212 valence electrons. The molecule has 1 atom stereocenters. The van der Waals surface area contributed by atoms with Crippen molar-refractivity contribution in [2.75, 3.05) is 25.0 Å². The number of carbonyl (C=O) groups is 2. The van der Waals surface area contributed by atoms with Crippen molar-refractivity contribution in [2.24, 2.45) is 0 Å². The molecule has 10 heteroatoms. The molecule has 0 saturated heterocycles. The topological polar surface area (TPSA) is 132 Å². The number of sulfone groups is 1. The van der Waals surface area contributed by atoms with Gasteiger partial charge in [0.2, 0.25) is 0 Å². The minimum Gasteiger partial charge on any atom is -0.378 e. The number of aliphatic hydroxyl groups excluding tert-OH is 1. The van der Waals surface area contributed by atoms with Gasteiger partial charge >= 0.3 is 0 Å². The highest BCUT2D eigenvalue weighted by Gasteiger charge is 2.28. The summed E-state index contributed by atoms with van der Waals surface area (Å²) in [6.45, 7) is 9.28. The maximum atomic E-state index is 13.1. The minimum absolute atomic E-state index is 0.129. The van der Waals surface area contributed by atoms with Gasteiger partial charge in [-0.1, -0.05) is 44.2 Å². The summed E-state index contributed by atoms with van der Waals surface area (Å²) in [6, 6.07) is 13.6. The molecule has 9 nitrogen and oxygen atoms in total. The molecule has 2 aromatic carbocycles. The number of nitrogens with one attached hydrogen (secondary N) is 3. The molecule has 1 aromatic heterocycles.